The summed E-state index contributed by atoms with van der Waals surface area (Å²) in [5, 5.41) is 3.01. The van der Waals surface area contributed by atoms with E-state index in [-0.39, 0.29) is 11.8 Å². The number of anilines is 1. The van der Waals surface area contributed by atoms with Crippen molar-refractivity contribution >= 4 is 21.6 Å². The summed E-state index contributed by atoms with van der Waals surface area (Å²) in [7, 11) is -3.49. The minimum absolute atomic E-state index is 0.00554. The number of carbonyl (C=O) groups is 1. The second kappa shape index (κ2) is 9.80. The van der Waals surface area contributed by atoms with Gasteiger partial charge in [-0.25, -0.2) is 8.42 Å². The molecule has 31 heavy (non-hydrogen) atoms. The van der Waals surface area contributed by atoms with E-state index in [0.29, 0.717) is 37.4 Å². The quantitative estimate of drug-likeness (QED) is 0.741. The number of piperidine rings is 1. The fourth-order valence-electron chi connectivity index (χ4n) is 4.08. The first kappa shape index (κ1) is 21.8. The molecule has 7 nitrogen and oxygen atoms in total. The van der Waals surface area contributed by atoms with Gasteiger partial charge in [0.15, 0.2) is 0 Å². The summed E-state index contributed by atoms with van der Waals surface area (Å²) in [5.74, 6) is -0.163. The molecule has 1 amide bonds. The molecule has 1 N–H and O–H groups in total. The molecule has 0 spiro atoms. The summed E-state index contributed by atoms with van der Waals surface area (Å²) in [6.45, 7) is 4.51. The van der Waals surface area contributed by atoms with Gasteiger partial charge >= 0.3 is 0 Å². The monoisotopic (exact) mass is 443 g/mol. The van der Waals surface area contributed by atoms with Crippen LogP contribution in [0.15, 0.2) is 59.5 Å². The molecule has 0 unspecified atom stereocenters. The van der Waals surface area contributed by atoms with Crippen LogP contribution < -0.4 is 10.2 Å². The number of hydrogen-bond acceptors (Lipinski definition) is 5. The Bertz CT molecular complexity index is 966. The number of rotatable bonds is 6. The molecule has 0 atom stereocenters. The van der Waals surface area contributed by atoms with Crippen molar-refractivity contribution in [2.75, 3.05) is 44.3 Å². The zero-order valence-corrected chi connectivity index (χ0v) is 18.4. The van der Waals surface area contributed by atoms with E-state index in [4.69, 9.17) is 4.74 Å². The van der Waals surface area contributed by atoms with Gasteiger partial charge in [-0.15, -0.1) is 0 Å². The van der Waals surface area contributed by atoms with Gasteiger partial charge in [0, 0.05) is 44.3 Å². The minimum Gasteiger partial charge on any atom is -0.378 e. The summed E-state index contributed by atoms with van der Waals surface area (Å²) in [4.78, 5) is 15.2. The minimum atomic E-state index is -3.49. The molecular formula is C23H29N3O4S. The summed E-state index contributed by atoms with van der Waals surface area (Å²) in [5.41, 5.74) is 2.22. The van der Waals surface area contributed by atoms with E-state index >= 15 is 0 Å². The average Bonchev–Trinajstić information content (AvgIpc) is 2.84. The third-order valence-electron chi connectivity index (χ3n) is 5.99. The van der Waals surface area contributed by atoms with Crippen molar-refractivity contribution in [1.82, 2.24) is 9.62 Å². The summed E-state index contributed by atoms with van der Waals surface area (Å²) >= 11 is 0. The number of amides is 1. The first-order chi connectivity index (χ1) is 15.0. The first-order valence-corrected chi connectivity index (χ1v) is 12.2. The third-order valence-corrected chi connectivity index (χ3v) is 7.90. The van der Waals surface area contributed by atoms with Crippen molar-refractivity contribution in [3.8, 4) is 0 Å². The highest BCUT2D eigenvalue weighted by atomic mass is 32.2. The Morgan fingerprint density at radius 2 is 1.58 bits per heavy atom. The molecule has 8 heteroatoms. The van der Waals surface area contributed by atoms with Crippen molar-refractivity contribution in [2.45, 2.75) is 24.3 Å². The van der Waals surface area contributed by atoms with E-state index in [9.17, 15) is 13.2 Å². The molecule has 0 saturated carbocycles. The highest BCUT2D eigenvalue weighted by Gasteiger charge is 2.31. The van der Waals surface area contributed by atoms with Crippen molar-refractivity contribution in [2.24, 2.45) is 5.92 Å². The number of sulfonamides is 1. The van der Waals surface area contributed by atoms with E-state index in [1.807, 2.05) is 12.1 Å². The number of benzene rings is 2. The van der Waals surface area contributed by atoms with Gasteiger partial charge in [0.2, 0.25) is 15.9 Å². The Morgan fingerprint density at radius 1 is 0.935 bits per heavy atom. The predicted molar refractivity (Wildman–Crippen MR) is 119 cm³/mol. The molecular weight excluding hydrogens is 414 g/mol. The van der Waals surface area contributed by atoms with E-state index < -0.39 is 10.0 Å². The van der Waals surface area contributed by atoms with Gasteiger partial charge < -0.3 is 15.0 Å². The molecule has 2 aliphatic heterocycles. The van der Waals surface area contributed by atoms with Crippen LogP contribution in [0.5, 0.6) is 0 Å². The van der Waals surface area contributed by atoms with E-state index in [2.05, 4.69) is 22.3 Å². The number of nitrogens with one attached hydrogen (secondary N) is 1. The van der Waals surface area contributed by atoms with Gasteiger partial charge in [0.1, 0.15) is 0 Å². The molecule has 0 aliphatic carbocycles. The lowest BCUT2D eigenvalue weighted by Gasteiger charge is -2.30. The smallest absolute Gasteiger partial charge is 0.243 e. The normalized spacial score (nSPS) is 18.6. The van der Waals surface area contributed by atoms with E-state index in [0.717, 1.165) is 31.9 Å². The number of morpholine rings is 1. The number of carbonyl (C=O) groups excluding carboxylic acids is 1. The zero-order valence-electron chi connectivity index (χ0n) is 17.6. The average molecular weight is 444 g/mol. The SMILES string of the molecule is O=C(NCc1ccc(N2CCOCC2)cc1)C1CCN(S(=O)(=O)c2ccccc2)CC1. The molecule has 2 heterocycles. The van der Waals surface area contributed by atoms with Crippen LogP contribution >= 0.6 is 0 Å². The van der Waals surface area contributed by atoms with Crippen LogP contribution in [0.25, 0.3) is 0 Å². The van der Waals surface area contributed by atoms with Crippen LogP contribution in [-0.2, 0) is 26.1 Å². The second-order valence-electron chi connectivity index (χ2n) is 7.98. The van der Waals surface area contributed by atoms with Crippen molar-refractivity contribution in [3.05, 3.63) is 60.2 Å². The van der Waals surface area contributed by atoms with Crippen molar-refractivity contribution in [3.63, 3.8) is 0 Å². The third kappa shape index (κ3) is 5.26. The van der Waals surface area contributed by atoms with E-state index in [1.165, 1.54) is 9.99 Å². The van der Waals surface area contributed by atoms with Gasteiger partial charge in [-0.05, 0) is 42.7 Å². The first-order valence-electron chi connectivity index (χ1n) is 10.8. The van der Waals surface area contributed by atoms with Gasteiger partial charge in [-0.2, -0.15) is 4.31 Å². The van der Waals surface area contributed by atoms with Gasteiger partial charge in [0.05, 0.1) is 18.1 Å². The van der Waals surface area contributed by atoms with Crippen LogP contribution in [0, 0.1) is 5.92 Å². The fourth-order valence-corrected chi connectivity index (χ4v) is 5.57. The molecule has 2 aromatic carbocycles. The van der Waals surface area contributed by atoms with Crippen molar-refractivity contribution in [1.29, 1.82) is 0 Å². The van der Waals surface area contributed by atoms with Gasteiger partial charge in [-0.3, -0.25) is 4.79 Å². The molecule has 0 radical (unpaired) electrons. The molecule has 0 bridgehead atoms. The molecule has 2 aliphatic rings. The molecule has 2 aromatic rings. The Labute approximate surface area is 184 Å². The van der Waals surface area contributed by atoms with Crippen LogP contribution in [0.4, 0.5) is 5.69 Å². The van der Waals surface area contributed by atoms with Crippen LogP contribution in [0.2, 0.25) is 0 Å². The maximum Gasteiger partial charge on any atom is 0.243 e. The lowest BCUT2D eigenvalue weighted by molar-refractivity contribution is -0.126. The Kier molecular flexibility index (Phi) is 6.89. The highest BCUT2D eigenvalue weighted by molar-refractivity contribution is 7.89. The Morgan fingerprint density at radius 3 is 2.23 bits per heavy atom. The molecule has 4 rings (SSSR count). The van der Waals surface area contributed by atoms with Crippen LogP contribution in [0.1, 0.15) is 18.4 Å². The van der Waals surface area contributed by atoms with Crippen molar-refractivity contribution < 1.29 is 17.9 Å². The lowest BCUT2D eigenvalue weighted by Crippen LogP contribution is -2.42. The lowest BCUT2D eigenvalue weighted by atomic mass is 9.97. The zero-order chi connectivity index (χ0) is 21.7. The van der Waals surface area contributed by atoms with Gasteiger partial charge in [-0.1, -0.05) is 30.3 Å². The topological polar surface area (TPSA) is 79.0 Å². The Hall–Kier alpha value is -2.42. The number of ether oxygens (including phenoxy) is 1. The second-order valence-corrected chi connectivity index (χ2v) is 9.91. The highest BCUT2D eigenvalue weighted by Crippen LogP contribution is 2.24. The summed E-state index contributed by atoms with van der Waals surface area (Å²) < 4.78 is 32.3. The maximum atomic E-state index is 12.7. The fraction of sp³-hybridized carbons (Fsp3) is 0.435. The molecule has 2 fully saturated rings. The van der Waals surface area contributed by atoms with E-state index in [1.54, 1.807) is 30.3 Å². The predicted octanol–water partition coefficient (Wildman–Crippen LogP) is 2.24. The molecule has 0 aromatic heterocycles. The molecule has 2 saturated heterocycles. The number of hydrogen-bond donors (Lipinski definition) is 1. The van der Waals surface area contributed by atoms with Crippen LogP contribution in [0.3, 0.4) is 0 Å². The van der Waals surface area contributed by atoms with Crippen LogP contribution in [-0.4, -0.2) is 58.0 Å². The maximum absolute atomic E-state index is 12.7. The summed E-state index contributed by atoms with van der Waals surface area (Å²) in [6, 6.07) is 16.7. The summed E-state index contributed by atoms with van der Waals surface area (Å²) in [6.07, 6.45) is 1.07. The number of nitrogens with zero attached hydrogens (tertiary/aromatic N) is 2. The molecule has 166 valence electrons. The largest absolute Gasteiger partial charge is 0.378 e. The standard InChI is InChI=1S/C23H29N3O4S/c27-23(24-18-19-6-8-21(9-7-19)25-14-16-30-17-15-25)20-10-12-26(13-11-20)31(28,29)22-4-2-1-3-5-22/h1-9,20H,10-18H2,(H,24,27). The Balaban J connectivity index is 1.26. The van der Waals surface area contributed by atoms with Gasteiger partial charge in [0.25, 0.3) is 0 Å².